The van der Waals surface area contributed by atoms with E-state index in [1.807, 2.05) is 24.3 Å². The Bertz CT molecular complexity index is 2130. The number of rotatable bonds is 20. The third-order valence-electron chi connectivity index (χ3n) is 17.4. The van der Waals surface area contributed by atoms with Gasteiger partial charge in [-0.1, -0.05) is 187 Å². The van der Waals surface area contributed by atoms with Crippen LogP contribution in [0.15, 0.2) is 133 Å². The van der Waals surface area contributed by atoms with Crippen molar-refractivity contribution in [3.8, 4) is 0 Å². The number of allylic oxidation sites excluding steroid dienone is 1. The summed E-state index contributed by atoms with van der Waals surface area (Å²) in [7, 11) is 0. The fourth-order valence-electron chi connectivity index (χ4n) is 13.8. The predicted octanol–water partition coefficient (Wildman–Crippen LogP) is 14.1. The molecule has 0 spiro atoms. The average molecular weight is 909 g/mol. The van der Waals surface area contributed by atoms with Crippen molar-refractivity contribution in [3.63, 3.8) is 0 Å². The van der Waals surface area contributed by atoms with Crippen LogP contribution in [0.5, 0.6) is 0 Å². The van der Waals surface area contributed by atoms with Crippen molar-refractivity contribution in [2.24, 2.45) is 46.3 Å². The van der Waals surface area contributed by atoms with Crippen LogP contribution in [0, 0.1) is 46.3 Å². The van der Waals surface area contributed by atoms with Crippen molar-refractivity contribution in [3.05, 3.63) is 155 Å². The molecule has 1 aliphatic heterocycles. The summed E-state index contributed by atoms with van der Waals surface area (Å²) in [6, 6.07) is 41.5. The molecule has 360 valence electrons. The molecule has 4 aromatic rings. The van der Waals surface area contributed by atoms with Crippen molar-refractivity contribution in [2.75, 3.05) is 6.61 Å². The minimum absolute atomic E-state index is 0.00236. The van der Waals surface area contributed by atoms with Gasteiger partial charge in [0, 0.05) is 0 Å². The molecule has 4 aliphatic carbocycles. The van der Waals surface area contributed by atoms with E-state index in [1.54, 1.807) is 5.57 Å². The molecule has 67 heavy (non-hydrogen) atoms. The molecule has 9 rings (SSSR count). The molecule has 6 heteroatoms. The lowest BCUT2D eigenvalue weighted by atomic mass is 9.47. The second kappa shape index (κ2) is 22.4. The molecule has 13 atom stereocenters. The van der Waals surface area contributed by atoms with Crippen molar-refractivity contribution < 1.29 is 28.4 Å². The second-order valence-electron chi connectivity index (χ2n) is 22.1. The third kappa shape index (κ3) is 11.4. The van der Waals surface area contributed by atoms with E-state index in [-0.39, 0.29) is 11.5 Å². The number of hydrogen-bond acceptors (Lipinski definition) is 6. The molecule has 0 bridgehead atoms. The van der Waals surface area contributed by atoms with Gasteiger partial charge in [-0.05, 0) is 120 Å². The molecule has 3 saturated carbocycles. The first-order valence-electron chi connectivity index (χ1n) is 26.3. The number of ether oxygens (including phenoxy) is 6. The summed E-state index contributed by atoms with van der Waals surface area (Å²) in [6.45, 7) is 14.7. The third-order valence-corrected chi connectivity index (χ3v) is 17.4. The highest BCUT2D eigenvalue weighted by molar-refractivity contribution is 5.26. The van der Waals surface area contributed by atoms with Crippen LogP contribution in [0.1, 0.15) is 128 Å². The zero-order chi connectivity index (χ0) is 46.2. The molecule has 4 fully saturated rings. The van der Waals surface area contributed by atoms with Gasteiger partial charge in [-0.2, -0.15) is 0 Å². The maximum Gasteiger partial charge on any atom is 0.187 e. The van der Waals surface area contributed by atoms with Crippen LogP contribution in [0.3, 0.4) is 0 Å². The summed E-state index contributed by atoms with van der Waals surface area (Å²) < 4.78 is 42.1. The summed E-state index contributed by atoms with van der Waals surface area (Å²) >= 11 is 0. The van der Waals surface area contributed by atoms with Gasteiger partial charge in [0.05, 0.1) is 39.1 Å². The molecule has 5 aliphatic rings. The molecule has 1 heterocycles. The maximum atomic E-state index is 7.35. The Labute approximate surface area is 403 Å². The van der Waals surface area contributed by atoms with E-state index in [4.69, 9.17) is 28.4 Å². The molecule has 0 N–H and O–H groups in total. The van der Waals surface area contributed by atoms with E-state index in [0.717, 1.165) is 77.0 Å². The maximum absolute atomic E-state index is 7.35. The number of benzene rings is 4. The van der Waals surface area contributed by atoms with E-state index in [1.165, 1.54) is 51.4 Å². The Morgan fingerprint density at radius 3 is 1.76 bits per heavy atom. The lowest BCUT2D eigenvalue weighted by Crippen LogP contribution is -2.62. The van der Waals surface area contributed by atoms with E-state index >= 15 is 0 Å². The van der Waals surface area contributed by atoms with Gasteiger partial charge in [0.15, 0.2) is 6.29 Å². The van der Waals surface area contributed by atoms with Crippen molar-refractivity contribution in [2.45, 2.75) is 168 Å². The summed E-state index contributed by atoms with van der Waals surface area (Å²) in [5.74, 6) is 4.89. The largest absolute Gasteiger partial charge is 0.374 e. The standard InChI is InChI=1S/C61H80O6/c1-43(2)19-18-20-44(3)52-31-32-53-51-30-29-49-37-50(33-35-60(49,4)54(51)34-36-61(52,53)5)66-59-58(65-41-48-27-16-9-17-28-48)57(64-40-47-25-14-8-15-26-47)56(63-39-46-23-12-7-13-24-46)55(67-59)42-62-38-45-21-10-6-11-22-45/h6-17,21-29,43-44,50-59H,18-20,30-42H2,1-5H3/t44-,50+,51+,52-,53+,54+,55-,56-,57+,58-,59+,60+,61-/m1/s1. The monoisotopic (exact) mass is 909 g/mol. The van der Waals surface area contributed by atoms with Crippen LogP contribution in [-0.4, -0.2) is 43.4 Å². The smallest absolute Gasteiger partial charge is 0.187 e. The summed E-state index contributed by atoms with van der Waals surface area (Å²) in [4.78, 5) is 0. The van der Waals surface area contributed by atoms with Crippen LogP contribution in [0.25, 0.3) is 0 Å². The minimum atomic E-state index is -0.689. The fourth-order valence-corrected chi connectivity index (χ4v) is 13.8. The quantitative estimate of drug-likeness (QED) is 0.0824. The SMILES string of the molecule is CC(C)CCC[C@@H](C)[C@H]1CC[C@H]2[C@@H]3CC=C4C[C@@H](O[C@H]5O[C@H](COCc6ccccc6)[C@@H](OCc6ccccc6)[C@H](OCc6ccccc6)[C@H]5OCc5ccccc5)CC[C@]4(C)[C@H]3CC[C@]12C. The molecule has 6 nitrogen and oxygen atoms in total. The molecule has 1 saturated heterocycles. The van der Waals surface area contributed by atoms with Gasteiger partial charge in [0.25, 0.3) is 0 Å². The summed E-state index contributed by atoms with van der Waals surface area (Å²) in [5, 5.41) is 0. The van der Waals surface area contributed by atoms with E-state index in [9.17, 15) is 0 Å². The van der Waals surface area contributed by atoms with Gasteiger partial charge in [0.2, 0.25) is 0 Å². The average Bonchev–Trinajstić information content (AvgIpc) is 3.71. The molecular weight excluding hydrogens is 829 g/mol. The first-order chi connectivity index (χ1) is 32.7. The van der Waals surface area contributed by atoms with Crippen LogP contribution in [0.4, 0.5) is 0 Å². The fraction of sp³-hybridized carbons (Fsp3) is 0.574. The number of fused-ring (bicyclic) bond motifs is 5. The van der Waals surface area contributed by atoms with Crippen LogP contribution < -0.4 is 0 Å². The Hall–Kier alpha value is -3.62. The molecule has 0 aromatic heterocycles. The molecule has 4 aromatic carbocycles. The topological polar surface area (TPSA) is 55.4 Å². The Morgan fingerprint density at radius 1 is 0.597 bits per heavy atom. The van der Waals surface area contributed by atoms with Gasteiger partial charge in [0.1, 0.15) is 24.4 Å². The normalized spacial score (nSPS) is 33.1. The van der Waals surface area contributed by atoms with Crippen molar-refractivity contribution >= 4 is 0 Å². The molecule has 0 amide bonds. The van der Waals surface area contributed by atoms with E-state index in [2.05, 4.69) is 138 Å². The van der Waals surface area contributed by atoms with E-state index < -0.39 is 30.7 Å². The van der Waals surface area contributed by atoms with Crippen molar-refractivity contribution in [1.82, 2.24) is 0 Å². The van der Waals surface area contributed by atoms with Gasteiger partial charge < -0.3 is 28.4 Å². The van der Waals surface area contributed by atoms with Gasteiger partial charge in [-0.15, -0.1) is 0 Å². The zero-order valence-electron chi connectivity index (χ0n) is 41.3. The van der Waals surface area contributed by atoms with Crippen LogP contribution >= 0.6 is 0 Å². The Kier molecular flexibility index (Phi) is 16.2. The van der Waals surface area contributed by atoms with Crippen LogP contribution in [-0.2, 0) is 54.8 Å². The van der Waals surface area contributed by atoms with Gasteiger partial charge >= 0.3 is 0 Å². The zero-order valence-corrected chi connectivity index (χ0v) is 41.3. The lowest BCUT2D eigenvalue weighted by Gasteiger charge is -2.58. The second-order valence-corrected chi connectivity index (χ2v) is 22.1. The minimum Gasteiger partial charge on any atom is -0.374 e. The summed E-state index contributed by atoms with van der Waals surface area (Å²) in [6.07, 6.45) is 14.0. The van der Waals surface area contributed by atoms with Crippen LogP contribution in [0.2, 0.25) is 0 Å². The molecular formula is C61H80O6. The van der Waals surface area contributed by atoms with Gasteiger partial charge in [-0.3, -0.25) is 0 Å². The van der Waals surface area contributed by atoms with Gasteiger partial charge in [-0.25, -0.2) is 0 Å². The summed E-state index contributed by atoms with van der Waals surface area (Å²) in [5.41, 5.74) is 6.70. The molecule has 0 radical (unpaired) electrons. The highest BCUT2D eigenvalue weighted by atomic mass is 16.7. The van der Waals surface area contributed by atoms with E-state index in [0.29, 0.717) is 38.4 Å². The number of hydrogen-bond donors (Lipinski definition) is 0. The highest BCUT2D eigenvalue weighted by Gasteiger charge is 2.59. The first-order valence-corrected chi connectivity index (χ1v) is 26.3. The Balaban J connectivity index is 0.963. The van der Waals surface area contributed by atoms with Crippen molar-refractivity contribution in [1.29, 1.82) is 0 Å². The Morgan fingerprint density at radius 2 is 1.16 bits per heavy atom. The predicted molar refractivity (Wildman–Crippen MR) is 268 cm³/mol. The first kappa shape index (κ1) is 48.4. The lowest BCUT2D eigenvalue weighted by molar-refractivity contribution is -0.337. The molecule has 0 unspecified atom stereocenters. The highest BCUT2D eigenvalue weighted by Crippen LogP contribution is 2.67.